The molecule has 134 valence electrons. The summed E-state index contributed by atoms with van der Waals surface area (Å²) in [4.78, 5) is 12.3. The largest absolute Gasteiger partial charge is 0.497 e. The smallest absolute Gasteiger partial charge is 0.407 e. The molecule has 9 heteroatoms. The Morgan fingerprint density at radius 1 is 1.38 bits per heavy atom. The van der Waals surface area contributed by atoms with Crippen LogP contribution in [0.5, 0.6) is 11.5 Å². The van der Waals surface area contributed by atoms with Crippen LogP contribution in [0.3, 0.4) is 0 Å². The molecule has 1 atom stereocenters. The predicted octanol–water partition coefficient (Wildman–Crippen LogP) is 1.47. The normalized spacial score (nSPS) is 18.0. The van der Waals surface area contributed by atoms with E-state index in [2.05, 4.69) is 0 Å². The third-order valence-electron chi connectivity index (χ3n) is 4.11. The lowest BCUT2D eigenvalue weighted by atomic mass is 10.3. The van der Waals surface area contributed by atoms with Crippen LogP contribution in [0.1, 0.15) is 13.3 Å². The van der Waals surface area contributed by atoms with Crippen LogP contribution in [-0.4, -0.2) is 68.7 Å². The van der Waals surface area contributed by atoms with E-state index in [1.165, 1.54) is 35.6 Å². The second-order valence-corrected chi connectivity index (χ2v) is 7.26. The zero-order chi connectivity index (χ0) is 17.9. The van der Waals surface area contributed by atoms with Gasteiger partial charge in [0.1, 0.15) is 16.4 Å². The molecule has 1 fully saturated rings. The van der Waals surface area contributed by atoms with Crippen LogP contribution in [0, 0.1) is 0 Å². The van der Waals surface area contributed by atoms with Gasteiger partial charge in [-0.2, -0.15) is 4.31 Å². The number of likely N-dealkylation sites (tertiary alicyclic amines) is 1. The molecular formula is C15H22N2O6S. The van der Waals surface area contributed by atoms with Crippen molar-refractivity contribution in [3.63, 3.8) is 0 Å². The highest BCUT2D eigenvalue weighted by atomic mass is 32.2. The number of carbonyl (C=O) groups is 1. The van der Waals surface area contributed by atoms with Gasteiger partial charge in [-0.25, -0.2) is 13.2 Å². The summed E-state index contributed by atoms with van der Waals surface area (Å²) >= 11 is 0. The van der Waals surface area contributed by atoms with Crippen LogP contribution < -0.4 is 9.47 Å². The van der Waals surface area contributed by atoms with Crippen LogP contribution in [0.4, 0.5) is 4.79 Å². The fraction of sp³-hybridized carbons (Fsp3) is 0.533. The maximum Gasteiger partial charge on any atom is 0.407 e. The lowest BCUT2D eigenvalue weighted by Gasteiger charge is -2.27. The number of nitrogens with zero attached hydrogens (tertiary/aromatic N) is 2. The third-order valence-corrected chi connectivity index (χ3v) is 6.16. The lowest BCUT2D eigenvalue weighted by Crippen LogP contribution is -2.42. The minimum atomic E-state index is -3.85. The van der Waals surface area contributed by atoms with Gasteiger partial charge in [-0.3, -0.25) is 0 Å². The highest BCUT2D eigenvalue weighted by Gasteiger charge is 2.37. The van der Waals surface area contributed by atoms with Gasteiger partial charge in [0, 0.05) is 31.7 Å². The van der Waals surface area contributed by atoms with E-state index in [-0.39, 0.29) is 23.7 Å². The predicted molar refractivity (Wildman–Crippen MR) is 87.1 cm³/mol. The SMILES string of the molecule is CCN([C@@H]1CCN(C(=O)O)C1)S(=O)(=O)c1cc(OC)ccc1OC. The molecule has 1 aliphatic heterocycles. The molecule has 2 rings (SSSR count). The number of methoxy groups -OCH3 is 2. The monoisotopic (exact) mass is 358 g/mol. The van der Waals surface area contributed by atoms with Gasteiger partial charge < -0.3 is 19.5 Å². The van der Waals surface area contributed by atoms with E-state index in [9.17, 15) is 13.2 Å². The molecule has 0 aromatic heterocycles. The molecule has 0 spiro atoms. The fourth-order valence-electron chi connectivity index (χ4n) is 2.89. The number of ether oxygens (including phenoxy) is 2. The summed E-state index contributed by atoms with van der Waals surface area (Å²) < 4.78 is 37.8. The van der Waals surface area contributed by atoms with Gasteiger partial charge in [0.2, 0.25) is 10.0 Å². The molecule has 8 nitrogen and oxygen atoms in total. The van der Waals surface area contributed by atoms with Crippen molar-refractivity contribution < 1.29 is 27.8 Å². The Labute approximate surface area is 141 Å². The summed E-state index contributed by atoms with van der Waals surface area (Å²) in [6.07, 6.45) is -0.573. The lowest BCUT2D eigenvalue weighted by molar-refractivity contribution is 0.153. The Morgan fingerprint density at radius 3 is 2.58 bits per heavy atom. The molecule has 1 heterocycles. The van der Waals surface area contributed by atoms with Crippen molar-refractivity contribution in [1.82, 2.24) is 9.21 Å². The first-order valence-electron chi connectivity index (χ1n) is 7.56. The standard InChI is InChI=1S/C15H22N2O6S/c1-4-17(11-7-8-16(10-11)15(18)19)24(20,21)14-9-12(22-2)5-6-13(14)23-3/h5-6,9,11H,4,7-8,10H2,1-3H3,(H,18,19)/t11-/m1/s1. The van der Waals surface area contributed by atoms with Gasteiger partial charge in [0.25, 0.3) is 0 Å². The Balaban J connectivity index is 2.39. The molecular weight excluding hydrogens is 336 g/mol. The summed E-state index contributed by atoms with van der Waals surface area (Å²) in [5.41, 5.74) is 0. The van der Waals surface area contributed by atoms with Gasteiger partial charge in [0.15, 0.2) is 0 Å². The first-order valence-corrected chi connectivity index (χ1v) is 9.00. The topological polar surface area (TPSA) is 96.4 Å². The number of hydrogen-bond acceptors (Lipinski definition) is 5. The van der Waals surface area contributed by atoms with Gasteiger partial charge in [0.05, 0.1) is 14.2 Å². The molecule has 1 amide bonds. The second-order valence-electron chi connectivity index (χ2n) is 5.40. The molecule has 0 radical (unpaired) electrons. The van der Waals surface area contributed by atoms with Crippen molar-refractivity contribution in [3.05, 3.63) is 18.2 Å². The van der Waals surface area contributed by atoms with E-state index >= 15 is 0 Å². The number of rotatable bonds is 6. The Kier molecular flexibility index (Phi) is 5.55. The molecule has 1 saturated heterocycles. The molecule has 1 aromatic carbocycles. The number of likely N-dealkylation sites (N-methyl/N-ethyl adjacent to an activating group) is 1. The summed E-state index contributed by atoms with van der Waals surface area (Å²) in [5.74, 6) is 0.631. The average Bonchev–Trinajstić information content (AvgIpc) is 3.04. The first-order chi connectivity index (χ1) is 11.3. The van der Waals surface area contributed by atoms with Gasteiger partial charge in [-0.05, 0) is 18.6 Å². The summed E-state index contributed by atoms with van der Waals surface area (Å²) in [6.45, 7) is 2.45. The average molecular weight is 358 g/mol. The summed E-state index contributed by atoms with van der Waals surface area (Å²) in [5, 5.41) is 9.08. The molecule has 24 heavy (non-hydrogen) atoms. The molecule has 1 N–H and O–H groups in total. The van der Waals surface area contributed by atoms with Crippen molar-refractivity contribution >= 4 is 16.1 Å². The molecule has 0 aliphatic carbocycles. The van der Waals surface area contributed by atoms with E-state index in [0.29, 0.717) is 18.7 Å². The van der Waals surface area contributed by atoms with Crippen LogP contribution in [0.25, 0.3) is 0 Å². The number of carboxylic acid groups (broad SMARTS) is 1. The van der Waals surface area contributed by atoms with Crippen LogP contribution in [-0.2, 0) is 10.0 Å². The number of benzene rings is 1. The third kappa shape index (κ3) is 3.41. The van der Waals surface area contributed by atoms with Crippen LogP contribution >= 0.6 is 0 Å². The number of sulfonamides is 1. The van der Waals surface area contributed by atoms with Crippen molar-refractivity contribution in [2.75, 3.05) is 33.9 Å². The van der Waals surface area contributed by atoms with E-state index in [1.54, 1.807) is 13.0 Å². The molecule has 1 aliphatic rings. The van der Waals surface area contributed by atoms with Crippen molar-refractivity contribution in [3.8, 4) is 11.5 Å². The zero-order valence-corrected chi connectivity index (χ0v) is 14.7. The maximum atomic E-state index is 13.1. The Bertz CT molecular complexity index is 706. The highest BCUT2D eigenvalue weighted by molar-refractivity contribution is 7.89. The van der Waals surface area contributed by atoms with Crippen LogP contribution in [0.15, 0.2) is 23.1 Å². The maximum absolute atomic E-state index is 13.1. The number of hydrogen-bond donors (Lipinski definition) is 1. The van der Waals surface area contributed by atoms with Gasteiger partial charge in [-0.1, -0.05) is 6.92 Å². The summed E-state index contributed by atoms with van der Waals surface area (Å²) in [7, 11) is -0.993. The number of amides is 1. The Morgan fingerprint density at radius 2 is 2.08 bits per heavy atom. The first kappa shape index (κ1) is 18.3. The second kappa shape index (κ2) is 7.27. The Hall–Kier alpha value is -2.00. The van der Waals surface area contributed by atoms with E-state index in [4.69, 9.17) is 14.6 Å². The molecule has 0 saturated carbocycles. The molecule has 0 bridgehead atoms. The van der Waals surface area contributed by atoms with Gasteiger partial charge >= 0.3 is 6.09 Å². The van der Waals surface area contributed by atoms with Crippen LogP contribution in [0.2, 0.25) is 0 Å². The zero-order valence-electron chi connectivity index (χ0n) is 13.9. The molecule has 1 aromatic rings. The van der Waals surface area contributed by atoms with Crippen molar-refractivity contribution in [1.29, 1.82) is 0 Å². The summed E-state index contributed by atoms with van der Waals surface area (Å²) in [6, 6.07) is 4.18. The minimum absolute atomic E-state index is 0.0139. The fourth-order valence-corrected chi connectivity index (χ4v) is 4.71. The van der Waals surface area contributed by atoms with E-state index in [1.807, 2.05) is 0 Å². The minimum Gasteiger partial charge on any atom is -0.497 e. The molecule has 0 unspecified atom stereocenters. The quantitative estimate of drug-likeness (QED) is 0.827. The van der Waals surface area contributed by atoms with Crippen molar-refractivity contribution in [2.45, 2.75) is 24.3 Å². The van der Waals surface area contributed by atoms with Crippen molar-refractivity contribution in [2.24, 2.45) is 0 Å². The van der Waals surface area contributed by atoms with Gasteiger partial charge in [-0.15, -0.1) is 0 Å². The van der Waals surface area contributed by atoms with E-state index in [0.717, 1.165) is 0 Å². The highest BCUT2D eigenvalue weighted by Crippen LogP contribution is 2.32. The van der Waals surface area contributed by atoms with E-state index < -0.39 is 22.2 Å².